The molecule has 7 heteroatoms. The van der Waals surface area contributed by atoms with Crippen LogP contribution in [0.25, 0.3) is 16.7 Å². The van der Waals surface area contributed by atoms with Crippen LogP contribution < -0.4 is 10.5 Å². The van der Waals surface area contributed by atoms with Crippen LogP contribution in [0.15, 0.2) is 54.9 Å². The fourth-order valence-corrected chi connectivity index (χ4v) is 2.41. The maximum absolute atomic E-state index is 11.5. The Balaban J connectivity index is 1.92. The number of ether oxygens (including phenoxy) is 1. The first kappa shape index (κ1) is 13.2. The highest BCUT2D eigenvalue weighted by molar-refractivity contribution is 5.95. The van der Waals surface area contributed by atoms with Crippen LogP contribution in [0.4, 0.5) is 0 Å². The van der Waals surface area contributed by atoms with Gasteiger partial charge in [0.2, 0.25) is 5.65 Å². The third kappa shape index (κ3) is 2.15. The molecular formula is C16H11N5O2. The number of fused-ring (bicyclic) bond motifs is 3. The summed E-state index contributed by atoms with van der Waals surface area (Å²) in [4.78, 5) is 16.0. The summed E-state index contributed by atoms with van der Waals surface area (Å²) >= 11 is 0. The molecule has 0 aliphatic carbocycles. The Morgan fingerprint density at radius 2 is 1.87 bits per heavy atom. The van der Waals surface area contributed by atoms with Gasteiger partial charge in [0.1, 0.15) is 12.1 Å². The molecule has 2 aromatic heterocycles. The lowest BCUT2D eigenvalue weighted by Gasteiger charge is -2.10. The maximum Gasteiger partial charge on any atom is 0.266 e. The first-order chi connectivity index (χ1) is 11.2. The van der Waals surface area contributed by atoms with E-state index in [1.54, 1.807) is 35.0 Å². The zero-order valence-corrected chi connectivity index (χ0v) is 11.9. The Morgan fingerprint density at radius 1 is 1.09 bits per heavy atom. The van der Waals surface area contributed by atoms with Gasteiger partial charge < -0.3 is 10.5 Å². The summed E-state index contributed by atoms with van der Waals surface area (Å²) in [7, 11) is 0. The van der Waals surface area contributed by atoms with Gasteiger partial charge in [-0.3, -0.25) is 9.20 Å². The van der Waals surface area contributed by atoms with Crippen molar-refractivity contribution in [1.82, 2.24) is 19.6 Å². The number of nitrogens with two attached hydrogens (primary N) is 1. The molecule has 1 amide bonds. The third-order valence-corrected chi connectivity index (χ3v) is 3.46. The lowest BCUT2D eigenvalue weighted by molar-refractivity contribution is 0.0998. The molecule has 4 rings (SSSR count). The van der Waals surface area contributed by atoms with Gasteiger partial charge in [-0.2, -0.15) is 0 Å². The van der Waals surface area contributed by atoms with Gasteiger partial charge in [-0.1, -0.05) is 24.3 Å². The smallest absolute Gasteiger partial charge is 0.266 e. The van der Waals surface area contributed by atoms with E-state index in [-0.39, 0.29) is 11.4 Å². The first-order valence-corrected chi connectivity index (χ1v) is 6.89. The van der Waals surface area contributed by atoms with Gasteiger partial charge >= 0.3 is 0 Å². The van der Waals surface area contributed by atoms with Gasteiger partial charge in [-0.15, -0.1) is 10.2 Å². The van der Waals surface area contributed by atoms with Crippen molar-refractivity contribution in [3.05, 3.63) is 60.4 Å². The van der Waals surface area contributed by atoms with Gasteiger partial charge in [0, 0.05) is 0 Å². The second-order valence-corrected chi connectivity index (χ2v) is 4.89. The Bertz CT molecular complexity index is 1040. The molecule has 0 fully saturated rings. The molecule has 2 heterocycles. The van der Waals surface area contributed by atoms with Crippen molar-refractivity contribution in [2.75, 3.05) is 0 Å². The minimum Gasteiger partial charge on any atom is -0.435 e. The Hall–Kier alpha value is -3.48. The second kappa shape index (κ2) is 5.06. The largest absolute Gasteiger partial charge is 0.435 e. The van der Waals surface area contributed by atoms with E-state index in [0.717, 1.165) is 11.0 Å². The van der Waals surface area contributed by atoms with Crippen molar-refractivity contribution < 1.29 is 9.53 Å². The Labute approximate surface area is 130 Å². The highest BCUT2D eigenvalue weighted by Crippen LogP contribution is 2.28. The molecule has 23 heavy (non-hydrogen) atoms. The zero-order chi connectivity index (χ0) is 15.8. The summed E-state index contributed by atoms with van der Waals surface area (Å²) in [5.41, 5.74) is 7.71. The van der Waals surface area contributed by atoms with Crippen molar-refractivity contribution in [2.45, 2.75) is 0 Å². The Kier molecular flexibility index (Phi) is 2.90. The molecular weight excluding hydrogens is 294 g/mol. The van der Waals surface area contributed by atoms with E-state index in [2.05, 4.69) is 15.2 Å². The number of carbonyl (C=O) groups is 1. The number of rotatable bonds is 3. The van der Waals surface area contributed by atoms with Crippen LogP contribution in [0.5, 0.6) is 11.6 Å². The van der Waals surface area contributed by atoms with Crippen molar-refractivity contribution in [3.63, 3.8) is 0 Å². The Morgan fingerprint density at radius 3 is 2.74 bits per heavy atom. The van der Waals surface area contributed by atoms with Gasteiger partial charge in [0.25, 0.3) is 11.8 Å². The van der Waals surface area contributed by atoms with Crippen LogP contribution in [0, 0.1) is 0 Å². The van der Waals surface area contributed by atoms with Crippen LogP contribution in [0.3, 0.4) is 0 Å². The average molecular weight is 305 g/mol. The number of nitrogens with zero attached hydrogens (tertiary/aromatic N) is 4. The van der Waals surface area contributed by atoms with Gasteiger partial charge in [0.05, 0.1) is 16.6 Å². The van der Waals surface area contributed by atoms with Crippen LogP contribution in [-0.2, 0) is 0 Å². The summed E-state index contributed by atoms with van der Waals surface area (Å²) in [5, 5.41) is 7.96. The summed E-state index contributed by atoms with van der Waals surface area (Å²) in [6, 6.07) is 14.3. The van der Waals surface area contributed by atoms with E-state index < -0.39 is 5.91 Å². The molecule has 0 aliphatic rings. The highest BCUT2D eigenvalue weighted by Gasteiger charge is 2.15. The van der Waals surface area contributed by atoms with E-state index in [4.69, 9.17) is 10.5 Å². The van der Waals surface area contributed by atoms with Crippen molar-refractivity contribution in [3.8, 4) is 11.6 Å². The van der Waals surface area contributed by atoms with Crippen molar-refractivity contribution in [2.24, 2.45) is 5.73 Å². The van der Waals surface area contributed by atoms with E-state index in [0.29, 0.717) is 11.4 Å². The molecule has 0 saturated heterocycles. The number of aromatic nitrogens is 4. The average Bonchev–Trinajstić information content (AvgIpc) is 3.05. The van der Waals surface area contributed by atoms with Gasteiger partial charge in [-0.05, 0) is 24.3 Å². The molecule has 0 aliphatic heterocycles. The molecule has 7 nitrogen and oxygen atoms in total. The van der Waals surface area contributed by atoms with Gasteiger partial charge in [-0.25, -0.2) is 4.98 Å². The number of hydrogen-bond donors (Lipinski definition) is 1. The summed E-state index contributed by atoms with van der Waals surface area (Å²) in [6.07, 6.45) is 1.59. The SMILES string of the molecule is NC(=O)c1ccccc1Oc1nc2ccccc2n2cnnc12. The van der Waals surface area contributed by atoms with E-state index in [1.165, 1.54) is 0 Å². The monoisotopic (exact) mass is 305 g/mol. The van der Waals surface area contributed by atoms with Crippen molar-refractivity contribution in [1.29, 1.82) is 0 Å². The highest BCUT2D eigenvalue weighted by atomic mass is 16.5. The topological polar surface area (TPSA) is 95.4 Å². The normalized spacial score (nSPS) is 11.0. The number of hydrogen-bond acceptors (Lipinski definition) is 5. The number of benzene rings is 2. The van der Waals surface area contributed by atoms with E-state index >= 15 is 0 Å². The number of primary amides is 1. The molecule has 2 aromatic carbocycles. The molecule has 2 N–H and O–H groups in total. The van der Waals surface area contributed by atoms with Crippen LogP contribution in [0.1, 0.15) is 10.4 Å². The van der Waals surface area contributed by atoms with E-state index in [9.17, 15) is 4.79 Å². The first-order valence-electron chi connectivity index (χ1n) is 6.89. The minimum atomic E-state index is -0.570. The molecule has 0 spiro atoms. The second-order valence-electron chi connectivity index (χ2n) is 4.89. The fourth-order valence-electron chi connectivity index (χ4n) is 2.41. The van der Waals surface area contributed by atoms with Crippen LogP contribution in [-0.4, -0.2) is 25.5 Å². The molecule has 4 aromatic rings. The number of para-hydroxylation sites is 3. The molecule has 112 valence electrons. The number of carbonyl (C=O) groups excluding carboxylic acids is 1. The maximum atomic E-state index is 11.5. The van der Waals surface area contributed by atoms with Crippen LogP contribution >= 0.6 is 0 Å². The molecule has 0 atom stereocenters. The molecule has 0 unspecified atom stereocenters. The summed E-state index contributed by atoms with van der Waals surface area (Å²) < 4.78 is 7.60. The molecule has 0 bridgehead atoms. The van der Waals surface area contributed by atoms with E-state index in [1.807, 2.05) is 24.3 Å². The quantitative estimate of drug-likeness (QED) is 0.626. The molecule has 0 radical (unpaired) electrons. The lowest BCUT2D eigenvalue weighted by atomic mass is 10.2. The standard InChI is InChI=1S/C16H11N5O2/c17-14(22)10-5-1-4-8-13(10)23-16-15-20-18-9-21(15)12-7-3-2-6-11(12)19-16/h1-9H,(H2,17,22). The lowest BCUT2D eigenvalue weighted by Crippen LogP contribution is -2.12. The predicted octanol–water partition coefficient (Wildman–Crippen LogP) is 2.17. The number of amides is 1. The van der Waals surface area contributed by atoms with Crippen molar-refractivity contribution >= 4 is 22.6 Å². The summed E-state index contributed by atoms with van der Waals surface area (Å²) in [6.45, 7) is 0. The molecule has 0 saturated carbocycles. The van der Waals surface area contributed by atoms with Gasteiger partial charge in [0.15, 0.2) is 0 Å². The fraction of sp³-hybridized carbons (Fsp3) is 0. The minimum absolute atomic E-state index is 0.259. The third-order valence-electron chi connectivity index (χ3n) is 3.46. The zero-order valence-electron chi connectivity index (χ0n) is 11.9. The summed E-state index contributed by atoms with van der Waals surface area (Å²) in [5.74, 6) is 0.0152. The van der Waals surface area contributed by atoms with Crippen LogP contribution in [0.2, 0.25) is 0 Å². The predicted molar refractivity (Wildman–Crippen MR) is 83.3 cm³/mol.